The Morgan fingerprint density at radius 2 is 2.08 bits per heavy atom. The van der Waals surface area contributed by atoms with Crippen molar-refractivity contribution in [2.45, 2.75) is 13.0 Å². The third-order valence-electron chi connectivity index (χ3n) is 3.89. The molecule has 1 aliphatic heterocycles. The van der Waals surface area contributed by atoms with Gasteiger partial charge in [-0.2, -0.15) is 0 Å². The van der Waals surface area contributed by atoms with E-state index in [9.17, 15) is 9.59 Å². The van der Waals surface area contributed by atoms with Crippen molar-refractivity contribution in [2.24, 2.45) is 5.92 Å². The van der Waals surface area contributed by atoms with Gasteiger partial charge in [-0.3, -0.25) is 14.6 Å². The third-order valence-corrected chi connectivity index (χ3v) is 4.70. The largest absolute Gasteiger partial charge is 0.350 e. The number of amides is 2. The molecule has 1 aliphatic rings. The van der Waals surface area contributed by atoms with Gasteiger partial charge < -0.3 is 10.2 Å². The second-order valence-electron chi connectivity index (χ2n) is 5.52. The summed E-state index contributed by atoms with van der Waals surface area (Å²) >= 11 is 12.2. The summed E-state index contributed by atoms with van der Waals surface area (Å²) in [5.74, 6) is -0.733. The zero-order chi connectivity index (χ0) is 17.1. The van der Waals surface area contributed by atoms with Crippen LogP contribution in [0.25, 0.3) is 0 Å². The van der Waals surface area contributed by atoms with Crippen molar-refractivity contribution in [1.82, 2.24) is 10.3 Å². The molecule has 7 heteroatoms. The van der Waals surface area contributed by atoms with Crippen molar-refractivity contribution in [1.29, 1.82) is 0 Å². The van der Waals surface area contributed by atoms with Crippen molar-refractivity contribution in [3.05, 3.63) is 58.3 Å². The lowest BCUT2D eigenvalue weighted by Crippen LogP contribution is -2.32. The second kappa shape index (κ2) is 7.20. The van der Waals surface area contributed by atoms with Crippen LogP contribution in [0.4, 0.5) is 5.69 Å². The van der Waals surface area contributed by atoms with Crippen LogP contribution in [0.2, 0.25) is 10.0 Å². The second-order valence-corrected chi connectivity index (χ2v) is 6.30. The van der Waals surface area contributed by atoms with Crippen LogP contribution in [-0.4, -0.2) is 23.3 Å². The maximum atomic E-state index is 12.3. The molecule has 0 bridgehead atoms. The lowest BCUT2D eigenvalue weighted by molar-refractivity contribution is -0.126. The quantitative estimate of drug-likeness (QED) is 0.907. The molecule has 24 heavy (non-hydrogen) atoms. The number of halogens is 2. The molecule has 1 aromatic carbocycles. The first kappa shape index (κ1) is 16.7. The molecule has 0 spiro atoms. The standard InChI is InChI=1S/C17H15Cl2N3O2/c18-13-5-3-6-14(16(13)19)22-10-11(8-15(22)23)17(24)21-9-12-4-1-2-7-20-12/h1-7,11H,8-10H2,(H,21,24). The minimum absolute atomic E-state index is 0.142. The van der Waals surface area contributed by atoms with Crippen LogP contribution in [0, 0.1) is 5.92 Å². The molecule has 2 amide bonds. The highest BCUT2D eigenvalue weighted by atomic mass is 35.5. The Morgan fingerprint density at radius 1 is 1.25 bits per heavy atom. The van der Waals surface area contributed by atoms with Crippen LogP contribution in [0.5, 0.6) is 0 Å². The van der Waals surface area contributed by atoms with E-state index in [2.05, 4.69) is 10.3 Å². The SMILES string of the molecule is O=C(NCc1ccccn1)C1CC(=O)N(c2cccc(Cl)c2Cl)C1. The van der Waals surface area contributed by atoms with E-state index in [0.717, 1.165) is 5.69 Å². The van der Waals surface area contributed by atoms with Crippen molar-refractivity contribution in [2.75, 3.05) is 11.4 Å². The van der Waals surface area contributed by atoms with Crippen molar-refractivity contribution in [3.8, 4) is 0 Å². The summed E-state index contributed by atoms with van der Waals surface area (Å²) in [6.45, 7) is 0.620. The molecule has 1 fully saturated rings. The van der Waals surface area contributed by atoms with E-state index < -0.39 is 5.92 Å². The number of hydrogen-bond donors (Lipinski definition) is 1. The molecular formula is C17H15Cl2N3O2. The molecule has 1 saturated heterocycles. The molecule has 1 atom stereocenters. The van der Waals surface area contributed by atoms with E-state index >= 15 is 0 Å². The number of pyridine rings is 1. The number of nitrogens with zero attached hydrogens (tertiary/aromatic N) is 2. The van der Waals surface area contributed by atoms with Crippen LogP contribution in [0.1, 0.15) is 12.1 Å². The van der Waals surface area contributed by atoms with Crippen molar-refractivity contribution >= 4 is 40.7 Å². The molecule has 1 unspecified atom stereocenters. The van der Waals surface area contributed by atoms with Crippen LogP contribution < -0.4 is 10.2 Å². The summed E-state index contributed by atoms with van der Waals surface area (Å²) in [4.78, 5) is 30.2. The van der Waals surface area contributed by atoms with Crippen molar-refractivity contribution in [3.63, 3.8) is 0 Å². The minimum Gasteiger partial charge on any atom is -0.350 e. The van der Waals surface area contributed by atoms with Gasteiger partial charge in [0.1, 0.15) is 0 Å². The number of carbonyl (C=O) groups excluding carboxylic acids is 2. The highest BCUT2D eigenvalue weighted by Gasteiger charge is 2.36. The van der Waals surface area contributed by atoms with E-state index in [4.69, 9.17) is 23.2 Å². The first-order valence-electron chi connectivity index (χ1n) is 7.48. The molecule has 5 nitrogen and oxygen atoms in total. The first-order valence-corrected chi connectivity index (χ1v) is 8.24. The molecule has 0 saturated carbocycles. The molecule has 1 N–H and O–H groups in total. The number of anilines is 1. The van der Waals surface area contributed by atoms with Gasteiger partial charge in [0.05, 0.1) is 33.9 Å². The van der Waals surface area contributed by atoms with Crippen LogP contribution in [0.3, 0.4) is 0 Å². The average Bonchev–Trinajstić information content (AvgIpc) is 2.98. The number of rotatable bonds is 4. The molecular weight excluding hydrogens is 349 g/mol. The summed E-state index contributed by atoms with van der Waals surface area (Å²) in [5, 5.41) is 3.52. The number of carbonyl (C=O) groups is 2. The highest BCUT2D eigenvalue weighted by molar-refractivity contribution is 6.44. The molecule has 2 aromatic rings. The Labute approximate surface area is 149 Å². The molecule has 1 aromatic heterocycles. The fourth-order valence-corrected chi connectivity index (χ4v) is 3.04. The first-order chi connectivity index (χ1) is 11.6. The fraction of sp³-hybridized carbons (Fsp3) is 0.235. The van der Waals surface area contributed by atoms with Gasteiger partial charge in [-0.25, -0.2) is 0 Å². The average molecular weight is 364 g/mol. The maximum Gasteiger partial charge on any atom is 0.227 e. The van der Waals surface area contributed by atoms with E-state index in [1.807, 2.05) is 18.2 Å². The smallest absolute Gasteiger partial charge is 0.227 e. The summed E-state index contributed by atoms with van der Waals surface area (Å²) in [6, 6.07) is 10.6. The van der Waals surface area contributed by atoms with Crippen molar-refractivity contribution < 1.29 is 9.59 Å². The zero-order valence-corrected chi connectivity index (χ0v) is 14.2. The predicted molar refractivity (Wildman–Crippen MR) is 93.0 cm³/mol. The normalized spacial score (nSPS) is 17.2. The Balaban J connectivity index is 1.66. The van der Waals surface area contributed by atoms with Crippen LogP contribution in [-0.2, 0) is 16.1 Å². The van der Waals surface area contributed by atoms with E-state index in [1.54, 1.807) is 24.4 Å². The van der Waals surface area contributed by atoms with Gasteiger partial charge in [-0.1, -0.05) is 35.3 Å². The van der Waals surface area contributed by atoms with Gasteiger partial charge in [0.2, 0.25) is 11.8 Å². The zero-order valence-electron chi connectivity index (χ0n) is 12.7. The van der Waals surface area contributed by atoms with E-state index in [1.165, 1.54) is 4.90 Å². The number of nitrogens with one attached hydrogen (secondary N) is 1. The van der Waals surface area contributed by atoms with E-state index in [-0.39, 0.29) is 24.8 Å². The van der Waals surface area contributed by atoms with Gasteiger partial charge in [0, 0.05) is 19.2 Å². The topological polar surface area (TPSA) is 62.3 Å². The molecule has 0 radical (unpaired) electrons. The van der Waals surface area contributed by atoms with Crippen LogP contribution >= 0.6 is 23.2 Å². The number of aromatic nitrogens is 1. The summed E-state index contributed by atoms with van der Waals surface area (Å²) < 4.78 is 0. The lowest BCUT2D eigenvalue weighted by atomic mass is 10.1. The van der Waals surface area contributed by atoms with Gasteiger partial charge in [0.25, 0.3) is 0 Å². The fourth-order valence-electron chi connectivity index (χ4n) is 2.64. The molecule has 124 valence electrons. The summed E-state index contributed by atoms with van der Waals surface area (Å²) in [7, 11) is 0. The van der Waals surface area contributed by atoms with Gasteiger partial charge in [0.15, 0.2) is 0 Å². The maximum absolute atomic E-state index is 12.3. The Morgan fingerprint density at radius 3 is 2.83 bits per heavy atom. The Kier molecular flexibility index (Phi) is 5.02. The highest BCUT2D eigenvalue weighted by Crippen LogP contribution is 2.35. The molecule has 2 heterocycles. The summed E-state index contributed by atoms with van der Waals surface area (Å²) in [5.41, 5.74) is 1.30. The monoisotopic (exact) mass is 363 g/mol. The van der Waals surface area contributed by atoms with E-state index in [0.29, 0.717) is 22.3 Å². The molecule has 0 aliphatic carbocycles. The summed E-state index contributed by atoms with van der Waals surface area (Å²) in [6.07, 6.45) is 1.82. The van der Waals surface area contributed by atoms with Gasteiger partial charge in [-0.05, 0) is 24.3 Å². The van der Waals surface area contributed by atoms with Gasteiger partial charge in [-0.15, -0.1) is 0 Å². The number of hydrogen-bond acceptors (Lipinski definition) is 3. The van der Waals surface area contributed by atoms with Gasteiger partial charge >= 0.3 is 0 Å². The Bertz CT molecular complexity index is 768. The Hall–Kier alpha value is -2.11. The third kappa shape index (κ3) is 3.52. The predicted octanol–water partition coefficient (Wildman–Crippen LogP) is 3.06. The van der Waals surface area contributed by atoms with Crippen LogP contribution in [0.15, 0.2) is 42.6 Å². The molecule has 3 rings (SSSR count). The number of benzene rings is 1. The lowest BCUT2D eigenvalue weighted by Gasteiger charge is -2.18. The minimum atomic E-state index is -0.420.